The number of fused-ring (bicyclic) bond motifs is 7. The summed E-state index contributed by atoms with van der Waals surface area (Å²) in [6.07, 6.45) is 3.90. The smallest absolute Gasteiger partial charge is 0.0728 e. The van der Waals surface area contributed by atoms with Gasteiger partial charge in [0.15, 0.2) is 0 Å². The lowest BCUT2D eigenvalue weighted by atomic mass is 9.68. The number of rotatable bonds is 7. The molecule has 2 nitrogen and oxygen atoms in total. The van der Waals surface area contributed by atoms with Crippen LogP contribution in [0.25, 0.3) is 64.3 Å². The van der Waals surface area contributed by atoms with E-state index in [0.717, 1.165) is 22.6 Å². The Morgan fingerprint density at radius 1 is 0.393 bits per heavy atom. The van der Waals surface area contributed by atoms with Gasteiger partial charge < -0.3 is 4.90 Å². The van der Waals surface area contributed by atoms with Crippen molar-refractivity contribution >= 4 is 59.3 Å². The molecule has 1 aliphatic rings. The maximum absolute atomic E-state index is 4.66. The second kappa shape index (κ2) is 14.3. The highest BCUT2D eigenvalue weighted by atomic mass is 32.1. The third-order valence-corrected chi connectivity index (χ3v) is 13.9. The molecule has 3 heteroatoms. The van der Waals surface area contributed by atoms with Crippen molar-refractivity contribution in [2.24, 2.45) is 0 Å². The Bertz CT molecular complexity index is 3360. The zero-order chi connectivity index (χ0) is 40.3. The minimum Gasteiger partial charge on any atom is -0.311 e. The van der Waals surface area contributed by atoms with Crippen LogP contribution in [-0.2, 0) is 5.41 Å². The van der Waals surface area contributed by atoms with Crippen molar-refractivity contribution in [3.8, 4) is 33.4 Å². The molecule has 61 heavy (non-hydrogen) atoms. The van der Waals surface area contributed by atoms with E-state index in [1.54, 1.807) is 0 Å². The van der Waals surface area contributed by atoms with Crippen LogP contribution in [0, 0.1) is 0 Å². The first-order chi connectivity index (χ1) is 30.2. The SMILES string of the molecule is c1cncc(C2(c3ccc(N(c4ccc(-c5ccc6ccccc6c5)cc4)c4ccc(-c5cccc6c5sc5ccccc56)cc4)cc3)c3ccccc3-c3ccccc32)c1. The maximum Gasteiger partial charge on any atom is 0.0728 e. The van der Waals surface area contributed by atoms with Crippen LogP contribution in [-0.4, -0.2) is 4.98 Å². The molecule has 0 atom stereocenters. The van der Waals surface area contributed by atoms with Gasteiger partial charge in [-0.15, -0.1) is 11.3 Å². The lowest BCUT2D eigenvalue weighted by Gasteiger charge is -2.34. The standard InChI is InChI=1S/C58H38N2S/c1-2-12-42-37-43(23-22-39(42)11-1)40-24-30-46(31-25-40)60(47-32-26-41(27-33-47)49-17-9-18-53-52-16-5-8-21-56(52)61-57(49)53)48-34-28-44(29-35-48)58(45-13-10-36-59-38-45)54-19-6-3-14-50(54)51-15-4-7-20-55(51)58/h1-38H. The molecule has 0 radical (unpaired) electrons. The number of pyridine rings is 1. The number of hydrogen-bond acceptors (Lipinski definition) is 3. The van der Waals surface area contributed by atoms with E-state index >= 15 is 0 Å². The van der Waals surface area contributed by atoms with Crippen molar-refractivity contribution in [2.75, 3.05) is 4.90 Å². The lowest BCUT2D eigenvalue weighted by Crippen LogP contribution is -2.28. The Labute approximate surface area is 359 Å². The summed E-state index contributed by atoms with van der Waals surface area (Å²) >= 11 is 1.87. The second-order valence-corrected chi connectivity index (χ2v) is 17.0. The summed E-state index contributed by atoms with van der Waals surface area (Å²) in [4.78, 5) is 7.04. The molecule has 2 aromatic heterocycles. The number of aromatic nitrogens is 1. The van der Waals surface area contributed by atoms with Gasteiger partial charge in [-0.25, -0.2) is 0 Å². The number of hydrogen-bond donors (Lipinski definition) is 0. The fourth-order valence-electron chi connectivity index (χ4n) is 9.85. The number of benzene rings is 9. The van der Waals surface area contributed by atoms with Gasteiger partial charge in [-0.3, -0.25) is 4.98 Å². The molecule has 2 heterocycles. The summed E-state index contributed by atoms with van der Waals surface area (Å²) in [7, 11) is 0. The Morgan fingerprint density at radius 2 is 0.967 bits per heavy atom. The first-order valence-electron chi connectivity index (χ1n) is 20.8. The molecule has 1 aliphatic carbocycles. The van der Waals surface area contributed by atoms with Crippen LogP contribution in [0.15, 0.2) is 231 Å². The highest BCUT2D eigenvalue weighted by Gasteiger charge is 2.46. The van der Waals surface area contributed by atoms with E-state index < -0.39 is 5.41 Å². The van der Waals surface area contributed by atoms with E-state index in [2.05, 4.69) is 228 Å². The second-order valence-electron chi connectivity index (χ2n) is 15.9. The topological polar surface area (TPSA) is 16.1 Å². The van der Waals surface area contributed by atoms with Crippen LogP contribution in [0.4, 0.5) is 17.1 Å². The Balaban J connectivity index is 0.987. The zero-order valence-electron chi connectivity index (χ0n) is 33.2. The highest BCUT2D eigenvalue weighted by Crippen LogP contribution is 2.56. The predicted octanol–water partition coefficient (Wildman–Crippen LogP) is 15.8. The van der Waals surface area contributed by atoms with Crippen LogP contribution in [0.3, 0.4) is 0 Å². The summed E-state index contributed by atoms with van der Waals surface area (Å²) in [6, 6.07) is 80.1. The fourth-order valence-corrected chi connectivity index (χ4v) is 11.1. The van der Waals surface area contributed by atoms with Crippen LogP contribution in [0.5, 0.6) is 0 Å². The molecule has 286 valence electrons. The van der Waals surface area contributed by atoms with Crippen molar-refractivity contribution < 1.29 is 0 Å². The fraction of sp³-hybridized carbons (Fsp3) is 0.0172. The van der Waals surface area contributed by atoms with Crippen molar-refractivity contribution in [1.82, 2.24) is 4.98 Å². The monoisotopic (exact) mass is 794 g/mol. The molecule has 0 amide bonds. The minimum atomic E-state index is -0.512. The Morgan fingerprint density at radius 3 is 1.67 bits per heavy atom. The molecule has 0 bridgehead atoms. The van der Waals surface area contributed by atoms with E-state index in [4.69, 9.17) is 0 Å². The van der Waals surface area contributed by atoms with E-state index in [0.29, 0.717) is 0 Å². The number of nitrogens with zero attached hydrogens (tertiary/aromatic N) is 2. The molecule has 0 saturated carbocycles. The van der Waals surface area contributed by atoms with Gasteiger partial charge in [0.25, 0.3) is 0 Å². The van der Waals surface area contributed by atoms with Gasteiger partial charge in [-0.1, -0.05) is 164 Å². The molecular formula is C58H38N2S. The molecule has 12 rings (SSSR count). The summed E-state index contributed by atoms with van der Waals surface area (Å²) in [5.74, 6) is 0. The lowest BCUT2D eigenvalue weighted by molar-refractivity contribution is 0.763. The van der Waals surface area contributed by atoms with Gasteiger partial charge in [0.05, 0.1) is 5.41 Å². The maximum atomic E-state index is 4.66. The summed E-state index contributed by atoms with van der Waals surface area (Å²) in [5.41, 5.74) is 15.1. The van der Waals surface area contributed by atoms with Crippen molar-refractivity contribution in [3.63, 3.8) is 0 Å². The van der Waals surface area contributed by atoms with Gasteiger partial charge in [0.2, 0.25) is 0 Å². The van der Waals surface area contributed by atoms with E-state index in [1.807, 2.05) is 23.7 Å². The molecule has 0 unspecified atom stereocenters. The number of thiophene rings is 1. The average molecular weight is 795 g/mol. The summed E-state index contributed by atoms with van der Waals surface area (Å²) < 4.78 is 2.64. The largest absolute Gasteiger partial charge is 0.311 e. The molecule has 9 aromatic carbocycles. The highest BCUT2D eigenvalue weighted by molar-refractivity contribution is 7.26. The minimum absolute atomic E-state index is 0.512. The third kappa shape index (κ3) is 5.66. The van der Waals surface area contributed by atoms with Gasteiger partial charge in [0, 0.05) is 49.6 Å². The first-order valence-corrected chi connectivity index (χ1v) is 21.7. The third-order valence-electron chi connectivity index (χ3n) is 12.7. The molecule has 0 N–H and O–H groups in total. The van der Waals surface area contributed by atoms with Crippen molar-refractivity contribution in [2.45, 2.75) is 5.41 Å². The molecule has 0 saturated heterocycles. The van der Waals surface area contributed by atoms with Crippen LogP contribution in [0.1, 0.15) is 22.3 Å². The van der Waals surface area contributed by atoms with Crippen LogP contribution >= 0.6 is 11.3 Å². The summed E-state index contributed by atoms with van der Waals surface area (Å²) in [5, 5.41) is 5.12. The summed E-state index contributed by atoms with van der Waals surface area (Å²) in [6.45, 7) is 0. The Kier molecular flexibility index (Phi) is 8.29. The molecule has 11 aromatic rings. The van der Waals surface area contributed by atoms with E-state index in [-0.39, 0.29) is 0 Å². The average Bonchev–Trinajstić information content (AvgIpc) is 3.87. The van der Waals surface area contributed by atoms with E-state index in [9.17, 15) is 0 Å². The molecule has 0 spiro atoms. The molecule has 0 fully saturated rings. The van der Waals surface area contributed by atoms with Gasteiger partial charge in [0.1, 0.15) is 0 Å². The molecular weight excluding hydrogens is 757 g/mol. The van der Waals surface area contributed by atoms with Gasteiger partial charge in [-0.2, -0.15) is 0 Å². The van der Waals surface area contributed by atoms with Gasteiger partial charge in [-0.05, 0) is 121 Å². The first kappa shape index (κ1) is 35.4. The van der Waals surface area contributed by atoms with Crippen LogP contribution in [0.2, 0.25) is 0 Å². The Hall–Kier alpha value is -7.59. The predicted molar refractivity (Wildman–Crippen MR) is 257 cm³/mol. The quantitative estimate of drug-likeness (QED) is 0.160. The van der Waals surface area contributed by atoms with Crippen LogP contribution < -0.4 is 4.90 Å². The van der Waals surface area contributed by atoms with Gasteiger partial charge >= 0.3 is 0 Å². The number of anilines is 3. The van der Waals surface area contributed by atoms with E-state index in [1.165, 1.54) is 81.0 Å². The van der Waals surface area contributed by atoms with Crippen molar-refractivity contribution in [1.29, 1.82) is 0 Å². The van der Waals surface area contributed by atoms with Crippen molar-refractivity contribution in [3.05, 3.63) is 253 Å². The normalized spacial score (nSPS) is 12.7. The zero-order valence-corrected chi connectivity index (χ0v) is 34.1. The molecule has 0 aliphatic heterocycles.